The van der Waals surface area contributed by atoms with Crippen molar-refractivity contribution >= 4 is 0 Å². The number of pyridine rings is 1. The molecular formula is C17H30N4. The van der Waals surface area contributed by atoms with Crippen LogP contribution in [0.2, 0.25) is 0 Å². The summed E-state index contributed by atoms with van der Waals surface area (Å²) in [5, 5.41) is 0. The zero-order chi connectivity index (χ0) is 15.2. The Morgan fingerprint density at radius 1 is 1.24 bits per heavy atom. The van der Waals surface area contributed by atoms with Gasteiger partial charge in [0.15, 0.2) is 0 Å². The zero-order valence-electron chi connectivity index (χ0n) is 13.7. The summed E-state index contributed by atoms with van der Waals surface area (Å²) < 4.78 is 0. The van der Waals surface area contributed by atoms with Crippen LogP contribution in [0.1, 0.15) is 38.8 Å². The topological polar surface area (TPSA) is 45.4 Å². The van der Waals surface area contributed by atoms with E-state index in [-0.39, 0.29) is 6.04 Å². The van der Waals surface area contributed by atoms with Crippen molar-refractivity contribution in [3.63, 3.8) is 0 Å². The Bertz CT molecular complexity index is 399. The van der Waals surface area contributed by atoms with Crippen LogP contribution in [0.15, 0.2) is 24.5 Å². The minimum Gasteiger partial charge on any atom is -0.326 e. The van der Waals surface area contributed by atoms with Crippen LogP contribution in [0.4, 0.5) is 0 Å². The highest BCUT2D eigenvalue weighted by molar-refractivity contribution is 5.16. The van der Waals surface area contributed by atoms with Gasteiger partial charge in [0.05, 0.1) is 6.04 Å². The number of aromatic nitrogens is 1. The number of piperazine rings is 1. The van der Waals surface area contributed by atoms with Crippen LogP contribution in [-0.2, 0) is 0 Å². The molecule has 0 aliphatic carbocycles. The maximum Gasteiger partial charge on any atom is 0.0515 e. The largest absolute Gasteiger partial charge is 0.326 e. The van der Waals surface area contributed by atoms with Gasteiger partial charge in [-0.2, -0.15) is 0 Å². The van der Waals surface area contributed by atoms with Gasteiger partial charge in [0, 0.05) is 51.2 Å². The molecule has 118 valence electrons. The molecule has 1 fully saturated rings. The third-order valence-electron chi connectivity index (χ3n) is 4.33. The highest BCUT2D eigenvalue weighted by atomic mass is 15.3. The van der Waals surface area contributed by atoms with Gasteiger partial charge in [-0.05, 0) is 24.0 Å². The molecule has 1 aromatic heterocycles. The number of nitrogens with two attached hydrogens (primary N) is 1. The molecule has 1 aromatic rings. The fraction of sp³-hybridized carbons (Fsp3) is 0.706. The van der Waals surface area contributed by atoms with E-state index in [0.717, 1.165) is 38.5 Å². The molecule has 1 aliphatic rings. The van der Waals surface area contributed by atoms with Gasteiger partial charge in [-0.1, -0.05) is 26.8 Å². The average molecular weight is 290 g/mol. The lowest BCUT2D eigenvalue weighted by molar-refractivity contribution is 0.0774. The number of hydrogen-bond acceptors (Lipinski definition) is 4. The van der Waals surface area contributed by atoms with E-state index in [1.807, 2.05) is 18.5 Å². The van der Waals surface area contributed by atoms with E-state index in [1.165, 1.54) is 12.1 Å². The average Bonchev–Trinajstić information content (AvgIpc) is 2.49. The smallest absolute Gasteiger partial charge is 0.0515 e. The minimum absolute atomic E-state index is 0.172. The molecule has 0 aromatic carbocycles. The lowest BCUT2D eigenvalue weighted by Gasteiger charge is -2.41. The van der Waals surface area contributed by atoms with Crippen molar-refractivity contribution in [3.8, 4) is 0 Å². The molecule has 0 radical (unpaired) electrons. The molecule has 2 atom stereocenters. The monoisotopic (exact) mass is 290 g/mol. The summed E-state index contributed by atoms with van der Waals surface area (Å²) in [5.41, 5.74) is 7.67. The second kappa shape index (κ2) is 7.87. The van der Waals surface area contributed by atoms with Crippen LogP contribution in [0, 0.1) is 5.92 Å². The van der Waals surface area contributed by atoms with E-state index < -0.39 is 0 Å². The minimum atomic E-state index is 0.172. The summed E-state index contributed by atoms with van der Waals surface area (Å²) in [6.07, 6.45) is 4.80. The van der Waals surface area contributed by atoms with Gasteiger partial charge in [-0.3, -0.25) is 9.88 Å². The fourth-order valence-corrected chi connectivity index (χ4v) is 3.24. The van der Waals surface area contributed by atoms with Gasteiger partial charge in [-0.25, -0.2) is 0 Å². The van der Waals surface area contributed by atoms with E-state index in [4.69, 9.17) is 5.73 Å². The normalized spacial score (nSPS) is 20.6. The first kappa shape index (κ1) is 16.4. The summed E-state index contributed by atoms with van der Waals surface area (Å²) in [4.78, 5) is 9.39. The molecule has 0 spiro atoms. The number of rotatable bonds is 6. The highest BCUT2D eigenvalue weighted by Crippen LogP contribution is 2.25. The molecule has 4 heteroatoms. The molecule has 21 heavy (non-hydrogen) atoms. The lowest BCUT2D eigenvalue weighted by atomic mass is 9.97. The Kier molecular flexibility index (Phi) is 6.15. The molecule has 1 saturated heterocycles. The molecular weight excluding hydrogens is 260 g/mol. The van der Waals surface area contributed by atoms with Crippen molar-refractivity contribution in [1.29, 1.82) is 0 Å². The Labute approximate surface area is 129 Å². The van der Waals surface area contributed by atoms with Crippen LogP contribution in [-0.4, -0.2) is 53.5 Å². The Morgan fingerprint density at radius 2 is 1.95 bits per heavy atom. The van der Waals surface area contributed by atoms with Gasteiger partial charge in [-0.15, -0.1) is 0 Å². The van der Waals surface area contributed by atoms with Gasteiger partial charge in [0.25, 0.3) is 0 Å². The van der Waals surface area contributed by atoms with Gasteiger partial charge >= 0.3 is 0 Å². The molecule has 0 saturated carbocycles. The first-order chi connectivity index (χ1) is 10.1. The Hall–Kier alpha value is -0.970. The fourth-order valence-electron chi connectivity index (χ4n) is 3.24. The quantitative estimate of drug-likeness (QED) is 0.872. The van der Waals surface area contributed by atoms with E-state index in [0.29, 0.717) is 6.04 Å². The Balaban J connectivity index is 2.03. The molecule has 2 heterocycles. The maximum absolute atomic E-state index is 6.41. The SMILES string of the molecule is CCC(N)C(c1cccnc1)N1CCN(CC(C)C)CC1. The molecule has 1 aliphatic heterocycles. The summed E-state index contributed by atoms with van der Waals surface area (Å²) >= 11 is 0. The Morgan fingerprint density at radius 3 is 2.48 bits per heavy atom. The van der Waals surface area contributed by atoms with Crippen LogP contribution in [0.25, 0.3) is 0 Å². The summed E-state index contributed by atoms with van der Waals surface area (Å²) in [6, 6.07) is 4.64. The zero-order valence-corrected chi connectivity index (χ0v) is 13.7. The van der Waals surface area contributed by atoms with E-state index >= 15 is 0 Å². The van der Waals surface area contributed by atoms with E-state index in [1.54, 1.807) is 0 Å². The van der Waals surface area contributed by atoms with Crippen LogP contribution >= 0.6 is 0 Å². The van der Waals surface area contributed by atoms with E-state index in [2.05, 4.69) is 41.6 Å². The molecule has 0 bridgehead atoms. The van der Waals surface area contributed by atoms with Gasteiger partial charge < -0.3 is 10.6 Å². The van der Waals surface area contributed by atoms with Crippen molar-refractivity contribution in [2.75, 3.05) is 32.7 Å². The van der Waals surface area contributed by atoms with Crippen molar-refractivity contribution in [1.82, 2.24) is 14.8 Å². The first-order valence-corrected chi connectivity index (χ1v) is 8.23. The van der Waals surface area contributed by atoms with Crippen molar-refractivity contribution in [2.45, 2.75) is 39.3 Å². The number of nitrogens with zero attached hydrogens (tertiary/aromatic N) is 3. The van der Waals surface area contributed by atoms with Crippen molar-refractivity contribution < 1.29 is 0 Å². The van der Waals surface area contributed by atoms with Crippen LogP contribution in [0.3, 0.4) is 0 Å². The van der Waals surface area contributed by atoms with Gasteiger partial charge in [0.2, 0.25) is 0 Å². The van der Waals surface area contributed by atoms with Crippen molar-refractivity contribution in [2.24, 2.45) is 11.7 Å². The van der Waals surface area contributed by atoms with Gasteiger partial charge in [0.1, 0.15) is 0 Å². The number of hydrogen-bond donors (Lipinski definition) is 1. The molecule has 2 unspecified atom stereocenters. The molecule has 2 rings (SSSR count). The van der Waals surface area contributed by atoms with Crippen molar-refractivity contribution in [3.05, 3.63) is 30.1 Å². The first-order valence-electron chi connectivity index (χ1n) is 8.23. The third kappa shape index (κ3) is 4.50. The molecule has 2 N–H and O–H groups in total. The predicted octanol–water partition coefficient (Wildman–Crippen LogP) is 2.13. The van der Waals surface area contributed by atoms with Crippen LogP contribution in [0.5, 0.6) is 0 Å². The molecule has 0 amide bonds. The predicted molar refractivity (Wildman–Crippen MR) is 88.1 cm³/mol. The second-order valence-electron chi connectivity index (χ2n) is 6.53. The second-order valence-corrected chi connectivity index (χ2v) is 6.53. The summed E-state index contributed by atoms with van der Waals surface area (Å²) in [7, 11) is 0. The lowest BCUT2D eigenvalue weighted by Crippen LogP contribution is -2.51. The summed E-state index contributed by atoms with van der Waals surface area (Å²) in [6.45, 7) is 12.4. The third-order valence-corrected chi connectivity index (χ3v) is 4.33. The standard InChI is InChI=1S/C17H30N4/c1-4-16(18)17(15-6-5-7-19-12-15)21-10-8-20(9-11-21)13-14(2)3/h5-7,12,14,16-17H,4,8-11,13,18H2,1-3H3. The van der Waals surface area contributed by atoms with Crippen LogP contribution < -0.4 is 5.73 Å². The maximum atomic E-state index is 6.41. The molecule has 4 nitrogen and oxygen atoms in total. The highest BCUT2D eigenvalue weighted by Gasteiger charge is 2.28. The summed E-state index contributed by atoms with van der Waals surface area (Å²) in [5.74, 6) is 0.739. The van der Waals surface area contributed by atoms with E-state index in [9.17, 15) is 0 Å².